The molecule has 3 rings (SSSR count). The summed E-state index contributed by atoms with van der Waals surface area (Å²) in [5.41, 5.74) is 7.21. The third kappa shape index (κ3) is 1.93. The summed E-state index contributed by atoms with van der Waals surface area (Å²) in [5, 5.41) is 8.76. The van der Waals surface area contributed by atoms with Crippen LogP contribution in [0, 0.1) is 5.41 Å². The van der Waals surface area contributed by atoms with Gasteiger partial charge < -0.3 is 5.73 Å². The standard InChI is InChI=1S/C15H15N5/c1-2-13-18-7-8-20(13)15-11(14(16)17)9-10-5-3-4-6-12(10)19-15/h3-9H,2H2,1H3,(H3,16,17). The molecule has 0 spiro atoms. The number of nitrogens with two attached hydrogens (primary N) is 1. The maximum atomic E-state index is 7.79. The van der Waals surface area contributed by atoms with Crippen LogP contribution in [0.5, 0.6) is 0 Å². The van der Waals surface area contributed by atoms with Crippen molar-refractivity contribution in [3.63, 3.8) is 0 Å². The zero-order chi connectivity index (χ0) is 14.1. The summed E-state index contributed by atoms with van der Waals surface area (Å²) in [6, 6.07) is 9.71. The van der Waals surface area contributed by atoms with Crippen molar-refractivity contribution in [2.75, 3.05) is 0 Å². The minimum absolute atomic E-state index is 0.00834. The van der Waals surface area contributed by atoms with E-state index >= 15 is 0 Å². The van der Waals surface area contributed by atoms with E-state index in [1.165, 1.54) is 0 Å². The predicted octanol–water partition coefficient (Wildman–Crippen LogP) is 2.27. The van der Waals surface area contributed by atoms with Crippen molar-refractivity contribution in [2.45, 2.75) is 13.3 Å². The van der Waals surface area contributed by atoms with Gasteiger partial charge in [0.05, 0.1) is 11.1 Å². The number of nitrogens with one attached hydrogen (secondary N) is 1. The lowest BCUT2D eigenvalue weighted by atomic mass is 10.1. The highest BCUT2D eigenvalue weighted by Crippen LogP contribution is 2.20. The second kappa shape index (κ2) is 4.77. The normalized spacial score (nSPS) is 10.8. The van der Waals surface area contributed by atoms with Gasteiger partial charge in [-0.05, 0) is 12.1 Å². The minimum Gasteiger partial charge on any atom is -0.384 e. The maximum absolute atomic E-state index is 7.79. The van der Waals surface area contributed by atoms with Crippen LogP contribution >= 0.6 is 0 Å². The number of fused-ring (bicyclic) bond motifs is 1. The van der Waals surface area contributed by atoms with E-state index in [4.69, 9.17) is 11.1 Å². The first-order chi connectivity index (χ1) is 9.70. The quantitative estimate of drug-likeness (QED) is 0.563. The molecule has 0 saturated heterocycles. The van der Waals surface area contributed by atoms with Gasteiger partial charge in [-0.15, -0.1) is 0 Å². The molecule has 0 atom stereocenters. The van der Waals surface area contributed by atoms with Crippen LogP contribution in [0.15, 0.2) is 42.7 Å². The van der Waals surface area contributed by atoms with Crippen molar-refractivity contribution < 1.29 is 0 Å². The Bertz CT molecular complexity index is 788. The fraction of sp³-hybridized carbons (Fsp3) is 0.133. The summed E-state index contributed by atoms with van der Waals surface area (Å²) in [6.07, 6.45) is 4.38. The number of benzene rings is 1. The van der Waals surface area contributed by atoms with E-state index < -0.39 is 0 Å². The number of imidazole rings is 1. The summed E-state index contributed by atoms with van der Waals surface area (Å²) in [5.74, 6) is 1.56. The van der Waals surface area contributed by atoms with Crippen LogP contribution in [-0.4, -0.2) is 20.4 Å². The number of nitrogens with zero attached hydrogens (tertiary/aromatic N) is 3. The van der Waals surface area contributed by atoms with E-state index in [1.54, 1.807) is 6.20 Å². The lowest BCUT2D eigenvalue weighted by molar-refractivity contribution is 0.870. The highest BCUT2D eigenvalue weighted by Gasteiger charge is 2.13. The summed E-state index contributed by atoms with van der Waals surface area (Å²) >= 11 is 0. The molecule has 2 heterocycles. The van der Waals surface area contributed by atoms with E-state index in [0.717, 1.165) is 23.1 Å². The fourth-order valence-electron chi connectivity index (χ4n) is 2.28. The molecule has 0 aliphatic rings. The van der Waals surface area contributed by atoms with E-state index in [1.807, 2.05) is 48.0 Å². The molecule has 0 amide bonds. The fourth-order valence-corrected chi connectivity index (χ4v) is 2.28. The molecule has 0 aliphatic carbocycles. The van der Waals surface area contributed by atoms with Gasteiger partial charge in [-0.25, -0.2) is 9.97 Å². The molecule has 2 aromatic heterocycles. The first-order valence-corrected chi connectivity index (χ1v) is 6.47. The topological polar surface area (TPSA) is 80.6 Å². The molecule has 0 bridgehead atoms. The monoisotopic (exact) mass is 265 g/mol. The van der Waals surface area contributed by atoms with Crippen LogP contribution in [0.3, 0.4) is 0 Å². The Labute approximate surface area is 116 Å². The van der Waals surface area contributed by atoms with E-state index in [9.17, 15) is 0 Å². The molecule has 0 radical (unpaired) electrons. The van der Waals surface area contributed by atoms with Gasteiger partial charge in [0.1, 0.15) is 17.5 Å². The van der Waals surface area contributed by atoms with Crippen molar-refractivity contribution in [3.05, 3.63) is 54.1 Å². The van der Waals surface area contributed by atoms with Crippen LogP contribution in [0.2, 0.25) is 0 Å². The van der Waals surface area contributed by atoms with E-state index in [-0.39, 0.29) is 5.84 Å². The van der Waals surface area contributed by atoms with Gasteiger partial charge in [0.15, 0.2) is 0 Å². The number of aromatic nitrogens is 3. The van der Waals surface area contributed by atoms with Crippen LogP contribution in [-0.2, 0) is 6.42 Å². The summed E-state index contributed by atoms with van der Waals surface area (Å²) in [6.45, 7) is 2.04. The number of hydrogen-bond acceptors (Lipinski definition) is 3. The van der Waals surface area contributed by atoms with Crippen molar-refractivity contribution in [1.82, 2.24) is 14.5 Å². The van der Waals surface area contributed by atoms with Crippen LogP contribution in [0.1, 0.15) is 18.3 Å². The molecule has 0 aliphatic heterocycles. The van der Waals surface area contributed by atoms with E-state index in [2.05, 4.69) is 9.97 Å². The zero-order valence-corrected chi connectivity index (χ0v) is 11.2. The molecular formula is C15H15N5. The molecule has 100 valence electrons. The Morgan fingerprint density at radius 2 is 2.15 bits per heavy atom. The second-order valence-electron chi connectivity index (χ2n) is 4.53. The van der Waals surface area contributed by atoms with Gasteiger partial charge in [-0.2, -0.15) is 0 Å². The summed E-state index contributed by atoms with van der Waals surface area (Å²) < 4.78 is 1.89. The van der Waals surface area contributed by atoms with Gasteiger partial charge in [0.2, 0.25) is 0 Å². The van der Waals surface area contributed by atoms with Gasteiger partial charge >= 0.3 is 0 Å². The van der Waals surface area contributed by atoms with Crippen molar-refractivity contribution in [2.24, 2.45) is 5.73 Å². The Morgan fingerprint density at radius 3 is 2.90 bits per heavy atom. The smallest absolute Gasteiger partial charge is 0.149 e. The first kappa shape index (κ1) is 12.3. The lowest BCUT2D eigenvalue weighted by Gasteiger charge is -2.12. The molecule has 5 nitrogen and oxygen atoms in total. The molecule has 0 unspecified atom stereocenters. The summed E-state index contributed by atoms with van der Waals surface area (Å²) in [7, 11) is 0. The van der Waals surface area contributed by atoms with Crippen LogP contribution in [0.25, 0.3) is 16.7 Å². The number of pyridine rings is 1. The number of aryl methyl sites for hydroxylation is 1. The predicted molar refractivity (Wildman–Crippen MR) is 79.3 cm³/mol. The van der Waals surface area contributed by atoms with Crippen molar-refractivity contribution in [3.8, 4) is 5.82 Å². The molecule has 5 heteroatoms. The number of para-hydroxylation sites is 1. The number of rotatable bonds is 3. The average molecular weight is 265 g/mol. The third-order valence-corrected chi connectivity index (χ3v) is 3.26. The van der Waals surface area contributed by atoms with Crippen molar-refractivity contribution in [1.29, 1.82) is 5.41 Å². The maximum Gasteiger partial charge on any atom is 0.149 e. The Morgan fingerprint density at radius 1 is 1.35 bits per heavy atom. The molecule has 0 saturated carbocycles. The number of nitrogen functional groups attached to an aromatic ring is 1. The van der Waals surface area contributed by atoms with E-state index in [0.29, 0.717) is 11.4 Å². The molecule has 20 heavy (non-hydrogen) atoms. The molecular weight excluding hydrogens is 250 g/mol. The molecule has 1 aromatic carbocycles. The minimum atomic E-state index is 0.00834. The highest BCUT2D eigenvalue weighted by molar-refractivity contribution is 6.01. The molecule has 0 fully saturated rings. The van der Waals surface area contributed by atoms with Gasteiger partial charge in [-0.3, -0.25) is 9.98 Å². The number of amidine groups is 1. The zero-order valence-electron chi connectivity index (χ0n) is 11.2. The third-order valence-electron chi connectivity index (χ3n) is 3.26. The first-order valence-electron chi connectivity index (χ1n) is 6.47. The second-order valence-corrected chi connectivity index (χ2v) is 4.53. The summed E-state index contributed by atoms with van der Waals surface area (Å²) in [4.78, 5) is 8.95. The lowest BCUT2D eigenvalue weighted by Crippen LogP contribution is -2.16. The van der Waals surface area contributed by atoms with Crippen molar-refractivity contribution >= 4 is 16.7 Å². The van der Waals surface area contributed by atoms with Crippen LogP contribution < -0.4 is 5.73 Å². The SMILES string of the molecule is CCc1nccn1-c1nc2ccccc2cc1C(=N)N. The van der Waals surface area contributed by atoms with Gasteiger partial charge in [0.25, 0.3) is 0 Å². The highest BCUT2D eigenvalue weighted by atomic mass is 15.1. The Kier molecular flexibility index (Phi) is 2.95. The Balaban J connectivity index is 2.33. The number of hydrogen-bond donors (Lipinski definition) is 2. The largest absolute Gasteiger partial charge is 0.384 e. The van der Waals surface area contributed by atoms with Gasteiger partial charge in [-0.1, -0.05) is 25.1 Å². The molecule has 3 aromatic rings. The molecule has 3 N–H and O–H groups in total. The Hall–Kier alpha value is -2.69. The average Bonchev–Trinajstić information content (AvgIpc) is 2.94. The van der Waals surface area contributed by atoms with Crippen LogP contribution in [0.4, 0.5) is 0 Å². The van der Waals surface area contributed by atoms with Gasteiger partial charge in [0, 0.05) is 24.2 Å².